The predicted molar refractivity (Wildman–Crippen MR) is 41.0 cm³/mol. The average molecular weight is 153 g/mol. The highest BCUT2D eigenvalue weighted by atomic mass is 16.5. The smallest absolute Gasteiger partial charge is 0.407 e. The lowest BCUT2D eigenvalue weighted by molar-refractivity contribution is 0.166. The Morgan fingerprint density at radius 3 is 3.00 bits per heavy atom. The summed E-state index contributed by atoms with van der Waals surface area (Å²) in [6.07, 6.45) is 2.19. The molecule has 11 heavy (non-hydrogen) atoms. The zero-order valence-electron chi connectivity index (χ0n) is 6.52. The number of carbonyl (C=O) groups is 1. The van der Waals surface area contributed by atoms with Crippen LogP contribution < -0.4 is 5.32 Å². The highest BCUT2D eigenvalue weighted by molar-refractivity contribution is 5.67. The zero-order chi connectivity index (χ0) is 8.10. The maximum atomic E-state index is 10.7. The Morgan fingerprint density at radius 2 is 2.45 bits per heavy atom. The Labute approximate surface area is 66.1 Å². The van der Waals surface area contributed by atoms with Gasteiger partial charge in [-0.3, -0.25) is 0 Å². The van der Waals surface area contributed by atoms with Gasteiger partial charge in [0.05, 0.1) is 7.11 Å². The summed E-state index contributed by atoms with van der Waals surface area (Å²) >= 11 is 0. The predicted octanol–water partition coefficient (Wildman–Crippen LogP) is 0.898. The molecule has 1 aliphatic rings. The van der Waals surface area contributed by atoms with E-state index >= 15 is 0 Å². The van der Waals surface area contributed by atoms with Crippen LogP contribution >= 0.6 is 0 Å². The van der Waals surface area contributed by atoms with Crippen LogP contribution in [0, 0.1) is 11.8 Å². The largest absolute Gasteiger partial charge is 0.453 e. The number of methoxy groups -OCH3 is 1. The molecular formula is C8H11NO2. The van der Waals surface area contributed by atoms with Crippen LogP contribution in [0.15, 0.2) is 0 Å². The minimum absolute atomic E-state index is 0.184. The van der Waals surface area contributed by atoms with Crippen molar-refractivity contribution in [1.82, 2.24) is 5.32 Å². The minimum atomic E-state index is -0.362. The molecule has 60 valence electrons. The molecular weight excluding hydrogens is 142 g/mol. The van der Waals surface area contributed by atoms with Crippen LogP contribution in [0.25, 0.3) is 0 Å². The highest BCUT2D eigenvalue weighted by Crippen LogP contribution is 2.05. The Balaban J connectivity index is 2.28. The zero-order valence-corrected chi connectivity index (χ0v) is 6.52. The lowest BCUT2D eigenvalue weighted by atomic mass is 10.0. The molecule has 1 aliphatic carbocycles. The lowest BCUT2D eigenvalue weighted by Gasteiger charge is -2.15. The van der Waals surface area contributed by atoms with Gasteiger partial charge in [-0.1, -0.05) is 0 Å². The molecule has 3 nitrogen and oxygen atoms in total. The molecule has 1 amide bonds. The summed E-state index contributed by atoms with van der Waals surface area (Å²) in [7, 11) is 1.36. The molecule has 0 spiro atoms. The van der Waals surface area contributed by atoms with Gasteiger partial charge in [-0.05, 0) is 6.42 Å². The van der Waals surface area contributed by atoms with Gasteiger partial charge < -0.3 is 10.1 Å². The molecule has 1 rings (SSSR count). The van der Waals surface area contributed by atoms with E-state index in [1.807, 2.05) is 0 Å². The molecule has 0 saturated heterocycles. The number of alkyl carbamates (subject to hydrolysis) is 1. The third-order valence-electron chi connectivity index (χ3n) is 1.60. The van der Waals surface area contributed by atoms with Crippen molar-refractivity contribution in [3.05, 3.63) is 0 Å². The van der Waals surface area contributed by atoms with Crippen molar-refractivity contribution < 1.29 is 9.53 Å². The Bertz CT molecular complexity index is 202. The summed E-state index contributed by atoms with van der Waals surface area (Å²) in [5.41, 5.74) is 0. The second-order valence-corrected chi connectivity index (χ2v) is 2.43. The van der Waals surface area contributed by atoms with Crippen molar-refractivity contribution >= 4 is 6.09 Å². The summed E-state index contributed by atoms with van der Waals surface area (Å²) in [6, 6.07) is 0.184. The third-order valence-corrected chi connectivity index (χ3v) is 1.60. The standard InChI is InChI=1S/C8H11NO2/c1-11-8(10)9-7-5-3-2-4-6-7/h7H,3,5-6H2,1H3,(H,9,10). The molecule has 0 fully saturated rings. The van der Waals surface area contributed by atoms with Crippen LogP contribution in [0.2, 0.25) is 0 Å². The number of hydrogen-bond donors (Lipinski definition) is 1. The van der Waals surface area contributed by atoms with Gasteiger partial charge >= 0.3 is 6.09 Å². The fraction of sp³-hybridized carbons (Fsp3) is 0.625. The minimum Gasteiger partial charge on any atom is -0.453 e. The van der Waals surface area contributed by atoms with E-state index in [2.05, 4.69) is 21.9 Å². The molecule has 0 saturated carbocycles. The molecule has 0 bridgehead atoms. The van der Waals surface area contributed by atoms with Crippen molar-refractivity contribution in [2.75, 3.05) is 7.11 Å². The summed E-state index contributed by atoms with van der Waals surface area (Å²) < 4.78 is 4.45. The normalized spacial score (nSPS) is 21.4. The van der Waals surface area contributed by atoms with E-state index in [0.717, 1.165) is 19.3 Å². The second kappa shape index (κ2) is 3.87. The van der Waals surface area contributed by atoms with Crippen molar-refractivity contribution in [3.63, 3.8) is 0 Å². The van der Waals surface area contributed by atoms with Crippen LogP contribution in [0.3, 0.4) is 0 Å². The number of rotatable bonds is 1. The molecule has 1 unspecified atom stereocenters. The van der Waals surface area contributed by atoms with E-state index in [9.17, 15) is 4.79 Å². The first-order chi connectivity index (χ1) is 5.33. The summed E-state index contributed by atoms with van der Waals surface area (Å²) in [4.78, 5) is 10.7. The Morgan fingerprint density at radius 1 is 1.64 bits per heavy atom. The van der Waals surface area contributed by atoms with Crippen LogP contribution in [0.1, 0.15) is 19.3 Å². The van der Waals surface area contributed by atoms with E-state index in [1.54, 1.807) is 0 Å². The van der Waals surface area contributed by atoms with Gasteiger partial charge in [0, 0.05) is 18.9 Å². The molecule has 1 atom stereocenters. The molecule has 0 aliphatic heterocycles. The Hall–Kier alpha value is -1.17. The van der Waals surface area contributed by atoms with E-state index < -0.39 is 0 Å². The fourth-order valence-electron chi connectivity index (χ4n) is 0.981. The number of amides is 1. The summed E-state index contributed by atoms with van der Waals surface area (Å²) in [5.74, 6) is 5.91. The molecule has 0 radical (unpaired) electrons. The van der Waals surface area contributed by atoms with Gasteiger partial charge in [-0.2, -0.15) is 0 Å². The van der Waals surface area contributed by atoms with Crippen LogP contribution in [-0.2, 0) is 4.74 Å². The molecule has 0 aromatic heterocycles. The number of carbonyl (C=O) groups excluding carboxylic acids is 1. The van der Waals surface area contributed by atoms with E-state index in [1.165, 1.54) is 7.11 Å². The number of hydrogen-bond acceptors (Lipinski definition) is 2. The summed E-state index contributed by atoms with van der Waals surface area (Å²) in [5, 5.41) is 2.70. The lowest BCUT2D eigenvalue weighted by Crippen LogP contribution is -2.35. The first kappa shape index (κ1) is 7.93. The highest BCUT2D eigenvalue weighted by Gasteiger charge is 2.11. The van der Waals surface area contributed by atoms with Crippen LogP contribution in [-0.4, -0.2) is 19.2 Å². The monoisotopic (exact) mass is 153 g/mol. The Kier molecular flexibility index (Phi) is 2.79. The first-order valence-corrected chi connectivity index (χ1v) is 3.63. The van der Waals surface area contributed by atoms with Gasteiger partial charge in [0.1, 0.15) is 0 Å². The molecule has 0 aromatic carbocycles. The number of ether oxygens (including phenoxy) is 1. The molecule has 0 aromatic rings. The van der Waals surface area contributed by atoms with Gasteiger partial charge in [-0.15, -0.1) is 11.8 Å². The maximum absolute atomic E-state index is 10.7. The van der Waals surface area contributed by atoms with Crippen molar-refractivity contribution in [2.24, 2.45) is 0 Å². The third kappa shape index (κ3) is 2.50. The number of nitrogens with one attached hydrogen (secondary N) is 1. The quantitative estimate of drug-likeness (QED) is 0.568. The molecule has 1 N–H and O–H groups in total. The van der Waals surface area contributed by atoms with Crippen LogP contribution in [0.4, 0.5) is 4.79 Å². The van der Waals surface area contributed by atoms with Gasteiger partial charge in [0.25, 0.3) is 0 Å². The topological polar surface area (TPSA) is 38.3 Å². The van der Waals surface area contributed by atoms with E-state index in [4.69, 9.17) is 0 Å². The van der Waals surface area contributed by atoms with Crippen molar-refractivity contribution in [1.29, 1.82) is 0 Å². The maximum Gasteiger partial charge on any atom is 0.407 e. The molecule has 0 heterocycles. The van der Waals surface area contributed by atoms with E-state index in [0.29, 0.717) is 0 Å². The van der Waals surface area contributed by atoms with Gasteiger partial charge in [0.2, 0.25) is 0 Å². The SMILES string of the molecule is COC(=O)NC1CC#CCC1. The van der Waals surface area contributed by atoms with Crippen molar-refractivity contribution in [2.45, 2.75) is 25.3 Å². The molecule has 3 heteroatoms. The van der Waals surface area contributed by atoms with E-state index in [-0.39, 0.29) is 12.1 Å². The fourth-order valence-corrected chi connectivity index (χ4v) is 0.981. The van der Waals surface area contributed by atoms with Gasteiger partial charge in [-0.25, -0.2) is 4.79 Å². The van der Waals surface area contributed by atoms with Crippen molar-refractivity contribution in [3.8, 4) is 11.8 Å². The average Bonchev–Trinajstić information content (AvgIpc) is 2.06. The first-order valence-electron chi connectivity index (χ1n) is 3.63. The summed E-state index contributed by atoms with van der Waals surface area (Å²) in [6.45, 7) is 0. The van der Waals surface area contributed by atoms with Crippen LogP contribution in [0.5, 0.6) is 0 Å². The van der Waals surface area contributed by atoms with Gasteiger partial charge in [0.15, 0.2) is 0 Å². The second-order valence-electron chi connectivity index (χ2n) is 2.43.